The minimum atomic E-state index is 0. The van der Waals surface area contributed by atoms with E-state index in [1.807, 2.05) is 11.3 Å². The second-order valence-electron chi connectivity index (χ2n) is 4.51. The van der Waals surface area contributed by atoms with Gasteiger partial charge in [0.15, 0.2) is 0 Å². The fourth-order valence-corrected chi connectivity index (χ4v) is 3.79. The zero-order valence-corrected chi connectivity index (χ0v) is 13.3. The minimum Gasteiger partial charge on any atom is -0.319 e. The number of hydrogen-bond donors (Lipinski definition) is 1. The Morgan fingerprint density at radius 2 is 2.18 bits per heavy atom. The van der Waals surface area contributed by atoms with Crippen LogP contribution in [0, 0.1) is 5.92 Å². The normalized spacial score (nSPS) is 18.0. The summed E-state index contributed by atoms with van der Waals surface area (Å²) >= 11 is 5.36. The second-order valence-corrected chi connectivity index (χ2v) is 6.42. The first-order valence-electron chi connectivity index (χ1n) is 5.88. The smallest absolute Gasteiger partial charge is 0.0328 e. The molecule has 0 atom stereocenters. The Balaban J connectivity index is 0.00000144. The Morgan fingerprint density at radius 3 is 2.71 bits per heavy atom. The average Bonchev–Trinajstić information content (AvgIpc) is 2.67. The lowest BCUT2D eigenvalue weighted by Gasteiger charge is -2.31. The molecule has 0 aliphatic carbocycles. The van der Waals surface area contributed by atoms with Gasteiger partial charge in [0, 0.05) is 21.3 Å². The lowest BCUT2D eigenvalue weighted by molar-refractivity contribution is 0.178. The SMILES string of the molecule is CNCC1CCN(Cc2cc(Br)cs2)CC1.Cl. The second kappa shape index (κ2) is 7.74. The van der Waals surface area contributed by atoms with Gasteiger partial charge < -0.3 is 5.32 Å². The average molecular weight is 340 g/mol. The summed E-state index contributed by atoms with van der Waals surface area (Å²) in [5, 5.41) is 5.45. The van der Waals surface area contributed by atoms with E-state index >= 15 is 0 Å². The van der Waals surface area contributed by atoms with Crippen molar-refractivity contribution in [2.45, 2.75) is 19.4 Å². The summed E-state index contributed by atoms with van der Waals surface area (Å²) in [6.07, 6.45) is 2.68. The van der Waals surface area contributed by atoms with Crippen molar-refractivity contribution in [1.82, 2.24) is 10.2 Å². The summed E-state index contributed by atoms with van der Waals surface area (Å²) in [5.74, 6) is 0.885. The first kappa shape index (κ1) is 15.4. The maximum atomic E-state index is 3.51. The molecule has 0 radical (unpaired) electrons. The molecule has 0 bridgehead atoms. The van der Waals surface area contributed by atoms with E-state index in [4.69, 9.17) is 0 Å². The standard InChI is InChI=1S/C12H19BrN2S.ClH/c1-14-7-10-2-4-15(5-3-10)8-12-6-11(13)9-16-12;/h6,9-10,14H,2-5,7-8H2,1H3;1H. The number of nitrogens with zero attached hydrogens (tertiary/aromatic N) is 1. The van der Waals surface area contributed by atoms with Crippen LogP contribution in [0.4, 0.5) is 0 Å². The number of nitrogens with one attached hydrogen (secondary N) is 1. The van der Waals surface area contributed by atoms with E-state index in [0.717, 1.165) is 12.5 Å². The fraction of sp³-hybridized carbons (Fsp3) is 0.667. The number of rotatable bonds is 4. The molecule has 0 unspecified atom stereocenters. The monoisotopic (exact) mass is 338 g/mol. The molecule has 1 fully saturated rings. The van der Waals surface area contributed by atoms with Crippen molar-refractivity contribution >= 4 is 39.7 Å². The third kappa shape index (κ3) is 4.87. The van der Waals surface area contributed by atoms with E-state index in [1.165, 1.54) is 41.8 Å². The number of hydrogen-bond acceptors (Lipinski definition) is 3. The summed E-state index contributed by atoms with van der Waals surface area (Å²) in [6.45, 7) is 4.81. The first-order chi connectivity index (χ1) is 7.78. The van der Waals surface area contributed by atoms with E-state index in [-0.39, 0.29) is 12.4 Å². The molecule has 1 aliphatic rings. The van der Waals surface area contributed by atoms with E-state index in [2.05, 4.69) is 44.6 Å². The van der Waals surface area contributed by atoms with Crippen molar-refractivity contribution in [1.29, 1.82) is 0 Å². The van der Waals surface area contributed by atoms with Gasteiger partial charge in [-0.1, -0.05) is 0 Å². The van der Waals surface area contributed by atoms with Crippen LogP contribution >= 0.6 is 39.7 Å². The molecular weight excluding hydrogens is 320 g/mol. The Bertz CT molecular complexity index is 324. The molecule has 17 heavy (non-hydrogen) atoms. The third-order valence-electron chi connectivity index (χ3n) is 3.20. The number of halogens is 2. The van der Waals surface area contributed by atoms with Gasteiger partial charge in [-0.3, -0.25) is 4.90 Å². The first-order valence-corrected chi connectivity index (χ1v) is 7.55. The molecule has 1 aromatic heterocycles. The lowest BCUT2D eigenvalue weighted by atomic mass is 9.97. The quantitative estimate of drug-likeness (QED) is 0.905. The molecule has 1 aromatic rings. The van der Waals surface area contributed by atoms with Crippen molar-refractivity contribution in [3.8, 4) is 0 Å². The minimum absolute atomic E-state index is 0. The van der Waals surface area contributed by atoms with Crippen molar-refractivity contribution in [2.24, 2.45) is 5.92 Å². The molecule has 0 saturated carbocycles. The highest BCUT2D eigenvalue weighted by molar-refractivity contribution is 9.10. The van der Waals surface area contributed by atoms with Crippen LogP contribution in [0.1, 0.15) is 17.7 Å². The Morgan fingerprint density at radius 1 is 1.47 bits per heavy atom. The molecular formula is C12H20BrClN2S. The number of thiophene rings is 1. The molecule has 0 spiro atoms. The van der Waals surface area contributed by atoms with Crippen molar-refractivity contribution < 1.29 is 0 Å². The molecule has 1 saturated heterocycles. The van der Waals surface area contributed by atoms with E-state index in [9.17, 15) is 0 Å². The van der Waals surface area contributed by atoms with Gasteiger partial charge in [-0.2, -0.15) is 0 Å². The zero-order valence-electron chi connectivity index (χ0n) is 10.1. The molecule has 0 aromatic carbocycles. The third-order valence-corrected chi connectivity index (χ3v) is 4.88. The van der Waals surface area contributed by atoms with Crippen LogP contribution in [-0.4, -0.2) is 31.6 Å². The van der Waals surface area contributed by atoms with Gasteiger partial charge in [-0.05, 0) is 67.4 Å². The van der Waals surface area contributed by atoms with E-state index < -0.39 is 0 Å². The van der Waals surface area contributed by atoms with Crippen LogP contribution in [0.3, 0.4) is 0 Å². The van der Waals surface area contributed by atoms with Crippen LogP contribution in [0.2, 0.25) is 0 Å². The molecule has 0 amide bonds. The van der Waals surface area contributed by atoms with Crippen LogP contribution in [0.15, 0.2) is 15.9 Å². The van der Waals surface area contributed by atoms with Gasteiger partial charge in [0.25, 0.3) is 0 Å². The lowest BCUT2D eigenvalue weighted by Crippen LogP contribution is -2.36. The van der Waals surface area contributed by atoms with Crippen molar-refractivity contribution in [3.63, 3.8) is 0 Å². The van der Waals surface area contributed by atoms with Crippen LogP contribution in [0.25, 0.3) is 0 Å². The van der Waals surface area contributed by atoms with Gasteiger partial charge in [0.05, 0.1) is 0 Å². The summed E-state index contributed by atoms with van der Waals surface area (Å²) in [5.41, 5.74) is 0. The van der Waals surface area contributed by atoms with Gasteiger partial charge in [-0.25, -0.2) is 0 Å². The summed E-state index contributed by atoms with van der Waals surface area (Å²) in [4.78, 5) is 4.05. The highest BCUT2D eigenvalue weighted by Crippen LogP contribution is 2.23. The maximum Gasteiger partial charge on any atom is 0.0328 e. The van der Waals surface area contributed by atoms with Gasteiger partial charge in [-0.15, -0.1) is 23.7 Å². The zero-order chi connectivity index (χ0) is 11.4. The van der Waals surface area contributed by atoms with Gasteiger partial charge in [0.1, 0.15) is 0 Å². The topological polar surface area (TPSA) is 15.3 Å². The van der Waals surface area contributed by atoms with Crippen LogP contribution in [-0.2, 0) is 6.54 Å². The van der Waals surface area contributed by atoms with E-state index in [0.29, 0.717) is 0 Å². The largest absolute Gasteiger partial charge is 0.319 e. The predicted molar refractivity (Wildman–Crippen MR) is 81.2 cm³/mol. The number of likely N-dealkylation sites (tertiary alicyclic amines) is 1. The van der Waals surface area contributed by atoms with Crippen LogP contribution in [0.5, 0.6) is 0 Å². The molecule has 5 heteroatoms. The Kier molecular flexibility index (Phi) is 7.04. The number of piperidine rings is 1. The summed E-state index contributed by atoms with van der Waals surface area (Å²) < 4.78 is 1.22. The Hall–Kier alpha value is 0.390. The molecule has 1 N–H and O–H groups in total. The van der Waals surface area contributed by atoms with Crippen molar-refractivity contribution in [3.05, 3.63) is 20.8 Å². The highest BCUT2D eigenvalue weighted by atomic mass is 79.9. The predicted octanol–water partition coefficient (Wildman–Crippen LogP) is 3.36. The summed E-state index contributed by atoms with van der Waals surface area (Å²) in [7, 11) is 2.05. The summed E-state index contributed by atoms with van der Waals surface area (Å²) in [6, 6.07) is 2.24. The Labute approximate surface area is 122 Å². The molecule has 98 valence electrons. The highest BCUT2D eigenvalue weighted by Gasteiger charge is 2.18. The van der Waals surface area contributed by atoms with Gasteiger partial charge >= 0.3 is 0 Å². The molecule has 2 nitrogen and oxygen atoms in total. The molecule has 2 rings (SSSR count). The van der Waals surface area contributed by atoms with Gasteiger partial charge in [0.2, 0.25) is 0 Å². The van der Waals surface area contributed by atoms with E-state index in [1.54, 1.807) is 0 Å². The molecule has 1 aliphatic heterocycles. The fourth-order valence-electron chi connectivity index (χ4n) is 2.29. The van der Waals surface area contributed by atoms with Crippen LogP contribution < -0.4 is 5.32 Å². The maximum absolute atomic E-state index is 3.51. The molecule has 2 heterocycles. The van der Waals surface area contributed by atoms with Crippen molar-refractivity contribution in [2.75, 3.05) is 26.7 Å².